The zero-order chi connectivity index (χ0) is 33.8. The largest absolute Gasteiger partial charge is 0.468 e. The Morgan fingerprint density at radius 3 is 2.40 bits per heavy atom. The summed E-state index contributed by atoms with van der Waals surface area (Å²) in [4.78, 5) is 57.6. The molecule has 0 spiro atoms. The van der Waals surface area contributed by atoms with Crippen molar-refractivity contribution in [3.05, 3.63) is 87.2 Å². The summed E-state index contributed by atoms with van der Waals surface area (Å²) in [6, 6.07) is 15.5. The molecule has 2 aromatic carbocycles. The maximum Gasteiger partial charge on any atom is 0.316 e. The van der Waals surface area contributed by atoms with Crippen LogP contribution in [0.25, 0.3) is 0 Å². The fourth-order valence-corrected chi connectivity index (χ4v) is 6.93. The van der Waals surface area contributed by atoms with Crippen molar-refractivity contribution in [2.75, 3.05) is 39.8 Å². The molecule has 47 heavy (non-hydrogen) atoms. The smallest absolute Gasteiger partial charge is 0.316 e. The van der Waals surface area contributed by atoms with E-state index >= 15 is 0 Å². The van der Waals surface area contributed by atoms with E-state index in [4.69, 9.17) is 15.5 Å². The average Bonchev–Trinajstić information content (AvgIpc) is 3.11. The van der Waals surface area contributed by atoms with Gasteiger partial charge < -0.3 is 25.6 Å². The molecule has 1 saturated heterocycles. The number of carbonyl (C=O) groups excluding carboxylic acids is 3. The Morgan fingerprint density at radius 2 is 1.83 bits per heavy atom. The van der Waals surface area contributed by atoms with Gasteiger partial charge in [0.2, 0.25) is 12.8 Å². The first-order valence-electron chi connectivity index (χ1n) is 16.4. The van der Waals surface area contributed by atoms with Crippen molar-refractivity contribution in [2.24, 2.45) is 10.7 Å². The van der Waals surface area contributed by atoms with Gasteiger partial charge in [-0.3, -0.25) is 29.5 Å². The van der Waals surface area contributed by atoms with Crippen LogP contribution in [-0.2, 0) is 24.5 Å². The van der Waals surface area contributed by atoms with Crippen molar-refractivity contribution >= 4 is 30.2 Å². The second kappa shape index (κ2) is 16.9. The SMILES string of the molecule is CCC1=NC(CCCCN)=C(N(C=O)CCCN2CCC(C(=O)OC)(c3ccccc3)CC2)C(c2ccc([N+](=O)[O-])cc2)C1NC=O. The Bertz CT molecular complexity index is 1440. The highest BCUT2D eigenvalue weighted by Gasteiger charge is 2.44. The van der Waals surface area contributed by atoms with Gasteiger partial charge in [-0.05, 0) is 82.3 Å². The minimum absolute atomic E-state index is 0.0419. The number of benzene rings is 2. The number of likely N-dealkylation sites (tertiary alicyclic amines) is 1. The molecule has 252 valence electrons. The summed E-state index contributed by atoms with van der Waals surface area (Å²) in [5, 5.41) is 14.3. The molecule has 4 rings (SSSR count). The Balaban J connectivity index is 1.58. The molecule has 2 aromatic rings. The van der Waals surface area contributed by atoms with Crippen molar-refractivity contribution in [3.8, 4) is 0 Å². The number of hydrogen-bond acceptors (Lipinski definition) is 9. The first kappa shape index (κ1) is 35.4. The number of nitrogens with two attached hydrogens (primary N) is 1. The lowest BCUT2D eigenvalue weighted by Gasteiger charge is -2.41. The van der Waals surface area contributed by atoms with Gasteiger partial charge in [-0.2, -0.15) is 0 Å². The zero-order valence-electron chi connectivity index (χ0n) is 27.3. The molecule has 0 saturated carbocycles. The standard InChI is InChI=1S/C35H46N6O6/c1-3-29-32(37-24-42)31(26-13-15-28(16-14-26)41(45)46)33(30(38-29)12-7-8-19-36)40(25-43)21-9-20-39-22-17-35(18-23-39,34(44)47-2)27-10-5-4-6-11-27/h4-6,10-11,13-16,24-25,31-32H,3,7-9,12,17-23,36H2,1-2H3,(H,37,42). The summed E-state index contributed by atoms with van der Waals surface area (Å²) in [5.41, 5.74) is 9.01. The van der Waals surface area contributed by atoms with E-state index in [1.54, 1.807) is 17.0 Å². The van der Waals surface area contributed by atoms with E-state index in [1.807, 2.05) is 37.3 Å². The number of allylic oxidation sites excluding steroid dienone is 1. The first-order chi connectivity index (χ1) is 22.8. The van der Waals surface area contributed by atoms with E-state index in [2.05, 4.69) is 10.2 Å². The molecule has 2 heterocycles. The van der Waals surface area contributed by atoms with E-state index in [-0.39, 0.29) is 11.7 Å². The van der Waals surface area contributed by atoms with Gasteiger partial charge in [0, 0.05) is 24.4 Å². The number of piperidine rings is 1. The van der Waals surface area contributed by atoms with Crippen LogP contribution in [0.15, 0.2) is 71.0 Å². The fourth-order valence-electron chi connectivity index (χ4n) is 6.93. The number of non-ortho nitro benzene ring substituents is 1. The van der Waals surface area contributed by atoms with Gasteiger partial charge in [-0.25, -0.2) is 0 Å². The number of nitrogens with one attached hydrogen (secondary N) is 1. The molecule has 2 amide bonds. The highest BCUT2D eigenvalue weighted by Crippen LogP contribution is 2.40. The van der Waals surface area contributed by atoms with Crippen LogP contribution in [0.5, 0.6) is 0 Å². The lowest BCUT2D eigenvalue weighted by atomic mass is 9.72. The number of methoxy groups -OCH3 is 1. The molecule has 0 radical (unpaired) electrons. The van der Waals surface area contributed by atoms with Crippen LogP contribution >= 0.6 is 0 Å². The second-order valence-corrected chi connectivity index (χ2v) is 12.1. The molecule has 0 aliphatic carbocycles. The highest BCUT2D eigenvalue weighted by atomic mass is 16.6. The minimum Gasteiger partial charge on any atom is -0.468 e. The topological polar surface area (TPSA) is 160 Å². The maximum atomic E-state index is 13.0. The van der Waals surface area contributed by atoms with Crippen LogP contribution in [-0.4, -0.2) is 85.1 Å². The fraction of sp³-hybridized carbons (Fsp3) is 0.486. The lowest BCUT2D eigenvalue weighted by Crippen LogP contribution is -2.48. The Labute approximate surface area is 276 Å². The molecule has 3 N–H and O–H groups in total. The van der Waals surface area contributed by atoms with Crippen LogP contribution in [0.4, 0.5) is 5.69 Å². The number of aliphatic imine (C=N–C) groups is 1. The zero-order valence-corrected chi connectivity index (χ0v) is 27.3. The van der Waals surface area contributed by atoms with Crippen molar-refractivity contribution < 1.29 is 24.0 Å². The van der Waals surface area contributed by atoms with Gasteiger partial charge in [0.25, 0.3) is 5.69 Å². The van der Waals surface area contributed by atoms with Gasteiger partial charge in [-0.1, -0.05) is 49.4 Å². The molecule has 0 bridgehead atoms. The summed E-state index contributed by atoms with van der Waals surface area (Å²) in [6.07, 6.45) is 6.12. The summed E-state index contributed by atoms with van der Waals surface area (Å²) >= 11 is 0. The monoisotopic (exact) mass is 646 g/mol. The van der Waals surface area contributed by atoms with Crippen molar-refractivity contribution in [3.63, 3.8) is 0 Å². The van der Waals surface area contributed by atoms with Gasteiger partial charge in [0.05, 0.1) is 40.8 Å². The van der Waals surface area contributed by atoms with Crippen LogP contribution < -0.4 is 11.1 Å². The number of hydrogen-bond donors (Lipinski definition) is 2. The number of rotatable bonds is 17. The number of nitrogens with zero attached hydrogens (tertiary/aromatic N) is 4. The Morgan fingerprint density at radius 1 is 1.13 bits per heavy atom. The number of carbonyl (C=O) groups is 3. The molecule has 2 aliphatic heterocycles. The summed E-state index contributed by atoms with van der Waals surface area (Å²) in [7, 11) is 1.43. The summed E-state index contributed by atoms with van der Waals surface area (Å²) < 4.78 is 5.24. The van der Waals surface area contributed by atoms with Crippen LogP contribution in [0.2, 0.25) is 0 Å². The minimum atomic E-state index is -0.680. The first-order valence-corrected chi connectivity index (χ1v) is 16.4. The third-order valence-electron chi connectivity index (χ3n) is 9.42. The normalized spacial score (nSPS) is 19.4. The molecule has 1 fully saturated rings. The predicted molar refractivity (Wildman–Crippen MR) is 180 cm³/mol. The van der Waals surface area contributed by atoms with Crippen LogP contribution in [0.1, 0.15) is 68.9 Å². The van der Waals surface area contributed by atoms with Gasteiger partial charge in [0.15, 0.2) is 0 Å². The van der Waals surface area contributed by atoms with E-state index in [0.717, 1.165) is 41.8 Å². The highest BCUT2D eigenvalue weighted by molar-refractivity contribution is 5.94. The molecular formula is C35H46N6O6. The number of amides is 2. The molecule has 2 unspecified atom stereocenters. The summed E-state index contributed by atoms with van der Waals surface area (Å²) in [5.74, 6) is -0.697. The van der Waals surface area contributed by atoms with E-state index in [0.29, 0.717) is 76.9 Å². The molecular weight excluding hydrogens is 600 g/mol. The number of esters is 1. The number of ether oxygens (including phenoxy) is 1. The van der Waals surface area contributed by atoms with E-state index < -0.39 is 22.3 Å². The van der Waals surface area contributed by atoms with Gasteiger partial charge in [-0.15, -0.1) is 0 Å². The van der Waals surface area contributed by atoms with E-state index in [1.165, 1.54) is 19.2 Å². The van der Waals surface area contributed by atoms with Crippen LogP contribution in [0, 0.1) is 10.1 Å². The second-order valence-electron chi connectivity index (χ2n) is 12.1. The Kier molecular flexibility index (Phi) is 12.8. The summed E-state index contributed by atoms with van der Waals surface area (Å²) in [6.45, 7) is 5.04. The molecule has 2 atom stereocenters. The third kappa shape index (κ3) is 8.12. The van der Waals surface area contributed by atoms with Gasteiger partial charge in [0.1, 0.15) is 0 Å². The lowest BCUT2D eigenvalue weighted by molar-refractivity contribution is -0.384. The number of nitro benzene ring substituents is 1. The molecule has 0 aromatic heterocycles. The van der Waals surface area contributed by atoms with Crippen molar-refractivity contribution in [1.82, 2.24) is 15.1 Å². The Hall–Kier alpha value is -4.42. The van der Waals surface area contributed by atoms with Crippen LogP contribution in [0.3, 0.4) is 0 Å². The van der Waals surface area contributed by atoms with E-state index in [9.17, 15) is 24.5 Å². The number of unbranched alkanes of at least 4 members (excludes halogenated alkanes) is 1. The number of nitro groups is 1. The molecule has 2 aliphatic rings. The van der Waals surface area contributed by atoms with Gasteiger partial charge >= 0.3 is 5.97 Å². The molecule has 12 heteroatoms. The predicted octanol–water partition coefficient (Wildman–Crippen LogP) is 4.05. The van der Waals surface area contributed by atoms with Crippen molar-refractivity contribution in [1.29, 1.82) is 0 Å². The maximum absolute atomic E-state index is 13.0. The van der Waals surface area contributed by atoms with Crippen molar-refractivity contribution in [2.45, 2.75) is 69.2 Å². The quantitative estimate of drug-likeness (QED) is 0.0856. The molecule has 12 nitrogen and oxygen atoms in total. The average molecular weight is 647 g/mol. The third-order valence-corrected chi connectivity index (χ3v) is 9.42.